The van der Waals surface area contributed by atoms with Crippen molar-refractivity contribution in [3.05, 3.63) is 83.9 Å². The topological polar surface area (TPSA) is 52.6 Å². The number of hydrogen-bond donors (Lipinski definition) is 0. The molecule has 2 radical (unpaired) electrons. The van der Waals surface area contributed by atoms with Crippen LogP contribution in [0.5, 0.6) is 0 Å². The van der Waals surface area contributed by atoms with Crippen LogP contribution in [0.4, 0.5) is 0 Å². The van der Waals surface area contributed by atoms with E-state index in [1.165, 1.54) is 71.4 Å². The number of rotatable bonds is 20. The van der Waals surface area contributed by atoms with Crippen molar-refractivity contribution >= 4 is 33.1 Å². The number of hydrogen-bond acceptors (Lipinski definition) is 4. The van der Waals surface area contributed by atoms with Gasteiger partial charge in [-0.2, -0.15) is 0 Å². The first-order valence-corrected chi connectivity index (χ1v) is 19.0. The van der Waals surface area contributed by atoms with Crippen LogP contribution in [-0.4, -0.2) is 46.3 Å². The molecule has 39 heavy (non-hydrogen) atoms. The predicted octanol–water partition coefficient (Wildman–Crippen LogP) is 8.44. The van der Waals surface area contributed by atoms with Crippen molar-refractivity contribution in [2.75, 3.05) is 13.2 Å². The Labute approximate surface area is 248 Å². The van der Waals surface area contributed by atoms with Crippen LogP contribution in [0, 0.1) is 0 Å². The van der Waals surface area contributed by atoms with Crippen molar-refractivity contribution < 1.29 is 19.1 Å². The van der Waals surface area contributed by atoms with Crippen molar-refractivity contribution in [2.45, 2.75) is 99.8 Å². The Hall–Kier alpha value is -2.08. The van der Waals surface area contributed by atoms with Gasteiger partial charge in [-0.25, -0.2) is 9.59 Å². The minimum absolute atomic E-state index is 0.258. The molecule has 0 bridgehead atoms. The van der Waals surface area contributed by atoms with E-state index in [0.29, 0.717) is 13.2 Å². The Morgan fingerprint density at radius 2 is 0.923 bits per heavy atom. The molecule has 0 aliphatic carbocycles. The number of ether oxygens (including phenoxy) is 2. The fourth-order valence-corrected chi connectivity index (χ4v) is 7.24. The van der Waals surface area contributed by atoms with E-state index in [2.05, 4.69) is 74.5 Å². The first kappa shape index (κ1) is 34.9. The van der Waals surface area contributed by atoms with E-state index in [0.717, 1.165) is 37.8 Å². The molecule has 0 aliphatic heterocycles. The average molecular weight is 641 g/mol. The monoisotopic (exact) mass is 642 g/mol. The van der Waals surface area contributed by atoms with Crippen molar-refractivity contribution in [3.8, 4) is 0 Å². The van der Waals surface area contributed by atoms with Gasteiger partial charge in [0.2, 0.25) is 0 Å². The molecule has 0 amide bonds. The molecule has 4 nitrogen and oxygen atoms in total. The van der Waals surface area contributed by atoms with Crippen molar-refractivity contribution in [1.82, 2.24) is 0 Å². The van der Waals surface area contributed by atoms with Crippen LogP contribution in [0.15, 0.2) is 72.8 Å². The van der Waals surface area contributed by atoms with Crippen LogP contribution < -0.4 is 0 Å². The summed E-state index contributed by atoms with van der Waals surface area (Å²) < 4.78 is 12.8. The summed E-state index contributed by atoms with van der Waals surface area (Å²) in [7, 11) is 0. The summed E-state index contributed by atoms with van der Waals surface area (Å²) >= 11 is -0.258. The van der Waals surface area contributed by atoms with Crippen LogP contribution >= 0.6 is 0 Å². The average Bonchev–Trinajstić information content (AvgIpc) is 2.96. The number of carbonyl (C=O) groups is 2. The Balaban J connectivity index is 0.000000429. The van der Waals surface area contributed by atoms with Crippen LogP contribution in [0.25, 0.3) is 0 Å². The third-order valence-electron chi connectivity index (χ3n) is 6.18. The van der Waals surface area contributed by atoms with Crippen molar-refractivity contribution in [2.24, 2.45) is 0 Å². The molecule has 214 valence electrons. The van der Waals surface area contributed by atoms with E-state index in [-0.39, 0.29) is 21.1 Å². The van der Waals surface area contributed by atoms with E-state index >= 15 is 0 Å². The number of benzene rings is 2. The Kier molecular flexibility index (Phi) is 23.4. The second kappa shape index (κ2) is 26.2. The zero-order chi connectivity index (χ0) is 28.2. The molecule has 5 heteroatoms. The maximum atomic E-state index is 11.4. The van der Waals surface area contributed by atoms with Gasteiger partial charge in [0, 0.05) is 12.2 Å². The fraction of sp³-hybridized carbons (Fsp3) is 0.529. The second-order valence-corrected chi connectivity index (χ2v) is 13.2. The van der Waals surface area contributed by atoms with E-state index < -0.39 is 11.9 Å². The number of esters is 2. The first-order chi connectivity index (χ1) is 19.2. The molecule has 2 aromatic rings. The van der Waals surface area contributed by atoms with Gasteiger partial charge in [-0.3, -0.25) is 0 Å². The van der Waals surface area contributed by atoms with Crippen LogP contribution in [-0.2, 0) is 27.9 Å². The van der Waals surface area contributed by atoms with Crippen molar-refractivity contribution in [1.29, 1.82) is 0 Å². The third-order valence-corrected chi connectivity index (χ3v) is 9.94. The standard InChI is InChI=1S/C20H36O4.2C7H7.Sn/c1-3-5-7-9-11-13-17-23-19(21)15-16-20(22)24-18-14-12-10-8-6-4-2;2*1-7-5-3-2-4-6-7;/h15-16H,3-14,17-18H2,1-2H3;2*2-6H,1H2;/b16-15-;;;. The summed E-state index contributed by atoms with van der Waals surface area (Å²) in [6.45, 7) is 5.21. The molecule has 0 aromatic heterocycles. The first-order valence-electron chi connectivity index (χ1n) is 15.0. The molecule has 0 saturated carbocycles. The number of carbonyl (C=O) groups excluding carboxylic acids is 2. The molecule has 0 saturated heterocycles. The van der Waals surface area contributed by atoms with Crippen LogP contribution in [0.3, 0.4) is 0 Å². The zero-order valence-electron chi connectivity index (χ0n) is 24.4. The van der Waals surface area contributed by atoms with Gasteiger partial charge in [0.25, 0.3) is 0 Å². The van der Waals surface area contributed by atoms with E-state index in [1.54, 1.807) is 0 Å². The van der Waals surface area contributed by atoms with Crippen molar-refractivity contribution in [3.63, 3.8) is 0 Å². The van der Waals surface area contributed by atoms with Gasteiger partial charge in [-0.15, -0.1) is 0 Å². The quantitative estimate of drug-likeness (QED) is 0.0631. The molecular weight excluding hydrogens is 591 g/mol. The van der Waals surface area contributed by atoms with Gasteiger partial charge in [0.1, 0.15) is 0 Å². The molecule has 0 atom stereocenters. The minimum atomic E-state index is -0.472. The molecule has 0 fully saturated rings. The summed E-state index contributed by atoms with van der Waals surface area (Å²) in [5.41, 5.74) is 3.03. The predicted molar refractivity (Wildman–Crippen MR) is 164 cm³/mol. The molecule has 2 rings (SSSR count). The Morgan fingerprint density at radius 1 is 0.564 bits per heavy atom. The molecule has 0 aliphatic rings. The summed E-state index contributed by atoms with van der Waals surface area (Å²) in [6.07, 6.45) is 16.1. The molecule has 2 aromatic carbocycles. The molecule has 0 unspecified atom stereocenters. The summed E-state index contributed by atoms with van der Waals surface area (Å²) in [5.74, 6) is -0.944. The maximum absolute atomic E-state index is 11.4. The molecular formula is C34H50O4Sn. The van der Waals surface area contributed by atoms with E-state index in [1.807, 2.05) is 0 Å². The van der Waals surface area contributed by atoms with Gasteiger partial charge >= 0.3 is 114 Å². The summed E-state index contributed by atoms with van der Waals surface area (Å²) in [4.78, 5) is 22.9. The second-order valence-electron chi connectivity index (χ2n) is 9.78. The third kappa shape index (κ3) is 22.4. The van der Waals surface area contributed by atoms with Gasteiger partial charge in [0.15, 0.2) is 0 Å². The van der Waals surface area contributed by atoms with Crippen LogP contribution in [0.2, 0.25) is 0 Å². The molecule has 0 spiro atoms. The van der Waals surface area contributed by atoms with Gasteiger partial charge < -0.3 is 9.47 Å². The number of unbranched alkanes of at least 4 members (excludes halogenated alkanes) is 10. The van der Waals surface area contributed by atoms with E-state index in [4.69, 9.17) is 9.47 Å². The SMILES string of the molecule is CCCCCCCCOC(=O)/C=C\C(=O)OCCCCCCCC.c1ccc([CH2][Sn][CH2]c2ccccc2)cc1. The van der Waals surface area contributed by atoms with Gasteiger partial charge in [-0.05, 0) is 12.8 Å². The Morgan fingerprint density at radius 3 is 1.31 bits per heavy atom. The normalized spacial score (nSPS) is 10.6. The molecule has 0 heterocycles. The fourth-order valence-electron chi connectivity index (χ4n) is 3.89. The zero-order valence-corrected chi connectivity index (χ0v) is 27.2. The molecule has 0 N–H and O–H groups in total. The van der Waals surface area contributed by atoms with Gasteiger partial charge in [0.05, 0.1) is 13.2 Å². The van der Waals surface area contributed by atoms with Crippen LogP contribution in [0.1, 0.15) is 102 Å². The summed E-state index contributed by atoms with van der Waals surface area (Å²) in [6, 6.07) is 21.7. The summed E-state index contributed by atoms with van der Waals surface area (Å²) in [5, 5.41) is 0. The van der Waals surface area contributed by atoms with Gasteiger partial charge in [-0.1, -0.05) is 78.1 Å². The Bertz CT molecular complexity index is 796. The van der Waals surface area contributed by atoms with E-state index in [9.17, 15) is 9.59 Å².